The predicted octanol–water partition coefficient (Wildman–Crippen LogP) is 3.79. The van der Waals surface area contributed by atoms with Crippen LogP contribution in [0.4, 0.5) is 11.6 Å². The van der Waals surface area contributed by atoms with Crippen LogP contribution in [0.15, 0.2) is 0 Å². The van der Waals surface area contributed by atoms with Crippen molar-refractivity contribution in [2.45, 2.75) is 62.7 Å². The maximum absolute atomic E-state index is 4.83. The van der Waals surface area contributed by atoms with Crippen LogP contribution in [0.5, 0.6) is 0 Å². The maximum Gasteiger partial charge on any atom is 0.136 e. The third kappa shape index (κ3) is 3.28. The molecule has 2 aliphatic rings. The summed E-state index contributed by atoms with van der Waals surface area (Å²) in [5.74, 6) is 3.62. The molecule has 2 saturated carbocycles. The lowest BCUT2D eigenvalue weighted by Crippen LogP contribution is -2.35. The molecule has 21 heavy (non-hydrogen) atoms. The second-order valence-corrected chi connectivity index (χ2v) is 7.31. The molecule has 0 saturated heterocycles. The van der Waals surface area contributed by atoms with Crippen LogP contribution in [-0.2, 0) is 0 Å². The summed E-state index contributed by atoms with van der Waals surface area (Å²) in [6.45, 7) is 2.11. The first-order valence-corrected chi connectivity index (χ1v) is 9.37. The summed E-state index contributed by atoms with van der Waals surface area (Å²) in [4.78, 5) is 9.51. The lowest BCUT2D eigenvalue weighted by molar-refractivity contribution is 0.474. The van der Waals surface area contributed by atoms with Crippen LogP contribution >= 0.6 is 11.8 Å². The van der Waals surface area contributed by atoms with Gasteiger partial charge in [-0.15, -0.1) is 0 Å². The van der Waals surface area contributed by atoms with Crippen molar-refractivity contribution in [2.75, 3.05) is 23.9 Å². The zero-order valence-corrected chi connectivity index (χ0v) is 14.1. The van der Waals surface area contributed by atoms with E-state index >= 15 is 0 Å². The molecule has 2 atom stereocenters. The van der Waals surface area contributed by atoms with Crippen molar-refractivity contribution in [2.24, 2.45) is 0 Å². The van der Waals surface area contributed by atoms with Crippen molar-refractivity contribution in [1.82, 2.24) is 9.97 Å². The molecule has 3 rings (SSSR count). The monoisotopic (exact) mass is 306 g/mol. The number of hydrogen-bond donors (Lipinski definition) is 2. The summed E-state index contributed by atoms with van der Waals surface area (Å²) in [6, 6.07) is 0.541. The van der Waals surface area contributed by atoms with E-state index in [2.05, 4.69) is 28.8 Å². The third-order valence-electron chi connectivity index (χ3n) is 4.67. The van der Waals surface area contributed by atoms with Crippen molar-refractivity contribution >= 4 is 23.4 Å². The lowest BCUT2D eigenvalue weighted by Gasteiger charge is -2.32. The fourth-order valence-electron chi connectivity index (χ4n) is 3.16. The van der Waals surface area contributed by atoms with Crippen LogP contribution in [0.25, 0.3) is 0 Å². The maximum atomic E-state index is 4.83. The quantitative estimate of drug-likeness (QED) is 0.867. The number of hydrogen-bond acceptors (Lipinski definition) is 5. The van der Waals surface area contributed by atoms with E-state index < -0.39 is 0 Å². The average Bonchev–Trinajstić information content (AvgIpc) is 3.34. The smallest absolute Gasteiger partial charge is 0.136 e. The minimum absolute atomic E-state index is 0.541. The van der Waals surface area contributed by atoms with Crippen molar-refractivity contribution in [3.05, 3.63) is 11.4 Å². The summed E-state index contributed by atoms with van der Waals surface area (Å²) in [7, 11) is 1.95. The summed E-state index contributed by atoms with van der Waals surface area (Å²) < 4.78 is 0. The molecule has 0 bridgehead atoms. The number of anilines is 2. The van der Waals surface area contributed by atoms with E-state index in [-0.39, 0.29) is 0 Å². The lowest BCUT2D eigenvalue weighted by atomic mass is 9.94. The predicted molar refractivity (Wildman–Crippen MR) is 91.5 cm³/mol. The summed E-state index contributed by atoms with van der Waals surface area (Å²) in [5, 5.41) is 7.66. The Labute approximate surface area is 131 Å². The third-order valence-corrected chi connectivity index (χ3v) is 5.84. The van der Waals surface area contributed by atoms with Gasteiger partial charge in [0, 0.05) is 29.8 Å². The Morgan fingerprint density at radius 3 is 2.43 bits per heavy atom. The van der Waals surface area contributed by atoms with Crippen LogP contribution in [0.2, 0.25) is 0 Å². The van der Waals surface area contributed by atoms with Gasteiger partial charge in [-0.25, -0.2) is 9.97 Å². The van der Waals surface area contributed by atoms with Crippen LogP contribution in [-0.4, -0.2) is 34.6 Å². The van der Waals surface area contributed by atoms with Crippen molar-refractivity contribution in [3.8, 4) is 0 Å². The van der Waals surface area contributed by atoms with Gasteiger partial charge in [0.1, 0.15) is 17.5 Å². The van der Waals surface area contributed by atoms with E-state index in [4.69, 9.17) is 4.98 Å². The SMILES string of the molecule is CNc1nc(C2CC2)nc(NC2CCCCC2SC)c1C. The molecule has 1 aromatic heterocycles. The van der Waals surface area contributed by atoms with Gasteiger partial charge in [-0.3, -0.25) is 0 Å². The molecule has 2 fully saturated rings. The summed E-state index contributed by atoms with van der Waals surface area (Å²) in [6.07, 6.45) is 9.96. The van der Waals surface area contributed by atoms with Gasteiger partial charge < -0.3 is 10.6 Å². The molecule has 1 aromatic rings. The van der Waals surface area contributed by atoms with Gasteiger partial charge in [0.15, 0.2) is 0 Å². The van der Waals surface area contributed by atoms with Gasteiger partial charge in [-0.1, -0.05) is 12.8 Å². The molecule has 0 amide bonds. The number of thioether (sulfide) groups is 1. The fourth-order valence-corrected chi connectivity index (χ4v) is 4.10. The molecule has 2 aliphatic carbocycles. The van der Waals surface area contributed by atoms with E-state index in [0.717, 1.165) is 23.0 Å². The first kappa shape index (κ1) is 14.9. The van der Waals surface area contributed by atoms with E-state index in [1.54, 1.807) is 0 Å². The van der Waals surface area contributed by atoms with E-state index in [9.17, 15) is 0 Å². The Balaban J connectivity index is 1.84. The first-order valence-electron chi connectivity index (χ1n) is 8.08. The molecular weight excluding hydrogens is 280 g/mol. The van der Waals surface area contributed by atoms with Gasteiger partial charge in [-0.05, 0) is 38.9 Å². The molecule has 0 aromatic carbocycles. The van der Waals surface area contributed by atoms with Crippen molar-refractivity contribution in [1.29, 1.82) is 0 Å². The minimum atomic E-state index is 0.541. The van der Waals surface area contributed by atoms with E-state index in [0.29, 0.717) is 17.2 Å². The van der Waals surface area contributed by atoms with Crippen LogP contribution in [0, 0.1) is 6.92 Å². The van der Waals surface area contributed by atoms with Crippen molar-refractivity contribution < 1.29 is 0 Å². The van der Waals surface area contributed by atoms with Gasteiger partial charge in [0.2, 0.25) is 0 Å². The molecule has 5 heteroatoms. The molecule has 1 heterocycles. The molecule has 2 N–H and O–H groups in total. The van der Waals surface area contributed by atoms with Crippen LogP contribution < -0.4 is 10.6 Å². The average molecular weight is 306 g/mol. The van der Waals surface area contributed by atoms with Gasteiger partial charge in [0.05, 0.1) is 0 Å². The Hall–Kier alpha value is -0.970. The summed E-state index contributed by atoms with van der Waals surface area (Å²) in [5.41, 5.74) is 1.15. The number of rotatable bonds is 5. The number of aromatic nitrogens is 2. The number of nitrogens with zero attached hydrogens (tertiary/aromatic N) is 2. The second kappa shape index (κ2) is 6.42. The molecule has 0 spiro atoms. The standard InChI is InChI=1S/C16H26N4S/c1-10-14(17-2)19-16(11-8-9-11)20-15(10)18-12-6-4-5-7-13(12)21-3/h11-13H,4-9H2,1-3H3,(H2,17,18,19,20). The highest BCUT2D eigenvalue weighted by molar-refractivity contribution is 7.99. The Bertz CT molecular complexity index is 501. The Morgan fingerprint density at radius 2 is 1.76 bits per heavy atom. The fraction of sp³-hybridized carbons (Fsp3) is 0.750. The highest BCUT2D eigenvalue weighted by Crippen LogP contribution is 2.40. The van der Waals surface area contributed by atoms with Crippen LogP contribution in [0.1, 0.15) is 55.8 Å². The zero-order valence-electron chi connectivity index (χ0n) is 13.3. The molecule has 0 radical (unpaired) electrons. The highest BCUT2D eigenvalue weighted by Gasteiger charge is 2.30. The molecule has 2 unspecified atom stereocenters. The van der Waals surface area contributed by atoms with Crippen molar-refractivity contribution in [3.63, 3.8) is 0 Å². The number of nitrogens with one attached hydrogen (secondary N) is 2. The minimum Gasteiger partial charge on any atom is -0.373 e. The summed E-state index contributed by atoms with van der Waals surface area (Å²) >= 11 is 1.99. The Morgan fingerprint density at radius 1 is 1.05 bits per heavy atom. The normalized spacial score (nSPS) is 25.7. The second-order valence-electron chi connectivity index (χ2n) is 6.24. The highest BCUT2D eigenvalue weighted by atomic mass is 32.2. The largest absolute Gasteiger partial charge is 0.373 e. The van der Waals surface area contributed by atoms with Gasteiger partial charge in [-0.2, -0.15) is 11.8 Å². The van der Waals surface area contributed by atoms with Gasteiger partial charge in [0.25, 0.3) is 0 Å². The topological polar surface area (TPSA) is 49.8 Å². The Kier molecular flexibility index (Phi) is 4.57. The molecular formula is C16H26N4S. The van der Waals surface area contributed by atoms with E-state index in [1.165, 1.54) is 38.5 Å². The van der Waals surface area contributed by atoms with Gasteiger partial charge >= 0.3 is 0 Å². The first-order chi connectivity index (χ1) is 10.2. The molecule has 0 aliphatic heterocycles. The van der Waals surface area contributed by atoms with E-state index in [1.807, 2.05) is 18.8 Å². The molecule has 4 nitrogen and oxygen atoms in total. The molecule has 116 valence electrons. The zero-order chi connectivity index (χ0) is 14.8. The van der Waals surface area contributed by atoms with Crippen LogP contribution in [0.3, 0.4) is 0 Å².